The minimum absolute atomic E-state index is 0.0583. The van der Waals surface area contributed by atoms with Crippen molar-refractivity contribution >= 4 is 17.8 Å². The van der Waals surface area contributed by atoms with Crippen LogP contribution in [0.5, 0.6) is 0 Å². The summed E-state index contributed by atoms with van der Waals surface area (Å²) in [5, 5.41) is 3.02. The monoisotopic (exact) mass is 367 g/mol. The molecule has 8 heteroatoms. The van der Waals surface area contributed by atoms with Crippen LogP contribution in [0, 0.1) is 0 Å². The van der Waals surface area contributed by atoms with Crippen molar-refractivity contribution in [1.29, 1.82) is 0 Å². The smallest absolute Gasteiger partial charge is 0.410 e. The molecule has 2 aliphatic rings. The van der Waals surface area contributed by atoms with Gasteiger partial charge >= 0.3 is 6.09 Å². The first-order valence-electron chi connectivity index (χ1n) is 8.84. The molecule has 2 aromatic rings. The second-order valence-electron chi connectivity index (χ2n) is 6.96. The van der Waals surface area contributed by atoms with Crippen LogP contribution < -0.4 is 5.32 Å². The van der Waals surface area contributed by atoms with Crippen molar-refractivity contribution in [2.24, 2.45) is 0 Å². The molecular weight excluding hydrogens is 346 g/mol. The fraction of sp³-hybridized carbons (Fsp3) is 0.368. The van der Waals surface area contributed by atoms with Crippen LogP contribution in [0.2, 0.25) is 0 Å². The van der Waals surface area contributed by atoms with E-state index in [1.54, 1.807) is 48.4 Å². The molecule has 4 rings (SSSR count). The number of rotatable bonds is 3. The molecule has 27 heavy (non-hydrogen) atoms. The minimum atomic E-state index is -0.567. The van der Waals surface area contributed by atoms with Crippen LogP contribution in [0.25, 0.3) is 11.3 Å². The van der Waals surface area contributed by atoms with E-state index in [1.165, 1.54) is 0 Å². The quantitative estimate of drug-likeness (QED) is 0.891. The van der Waals surface area contributed by atoms with Crippen molar-refractivity contribution in [2.75, 3.05) is 39.0 Å². The highest BCUT2D eigenvalue weighted by Crippen LogP contribution is 2.32. The van der Waals surface area contributed by atoms with E-state index in [1.807, 2.05) is 12.1 Å². The van der Waals surface area contributed by atoms with Crippen molar-refractivity contribution in [3.05, 3.63) is 42.2 Å². The van der Waals surface area contributed by atoms with Gasteiger partial charge in [-0.15, -0.1) is 0 Å². The summed E-state index contributed by atoms with van der Waals surface area (Å²) in [7, 11) is 3.51. The Morgan fingerprint density at radius 2 is 1.93 bits per heavy atom. The third kappa shape index (κ3) is 3.07. The first-order chi connectivity index (χ1) is 13.0. The van der Waals surface area contributed by atoms with Crippen LogP contribution in [-0.2, 0) is 4.74 Å². The maximum absolute atomic E-state index is 12.9. The van der Waals surface area contributed by atoms with Gasteiger partial charge in [-0.2, -0.15) is 0 Å². The molecule has 140 valence electrons. The topological polar surface area (TPSA) is 87.7 Å². The maximum Gasteiger partial charge on any atom is 0.410 e. The second-order valence-corrected chi connectivity index (χ2v) is 6.96. The van der Waals surface area contributed by atoms with Crippen molar-refractivity contribution in [2.45, 2.75) is 12.0 Å². The van der Waals surface area contributed by atoms with E-state index in [4.69, 9.17) is 4.74 Å². The van der Waals surface area contributed by atoms with Gasteiger partial charge in [-0.3, -0.25) is 9.78 Å². The molecule has 1 aromatic heterocycles. The summed E-state index contributed by atoms with van der Waals surface area (Å²) in [6.07, 6.45) is 3.61. The molecule has 0 bridgehead atoms. The summed E-state index contributed by atoms with van der Waals surface area (Å²) >= 11 is 0. The van der Waals surface area contributed by atoms with Gasteiger partial charge in [-0.1, -0.05) is 12.1 Å². The lowest BCUT2D eigenvalue weighted by atomic mass is 10.0. The van der Waals surface area contributed by atoms with Crippen molar-refractivity contribution in [3.63, 3.8) is 0 Å². The Kier molecular flexibility index (Phi) is 4.18. The van der Waals surface area contributed by atoms with Crippen LogP contribution in [-0.4, -0.2) is 71.1 Å². The second kappa shape index (κ2) is 6.53. The largest absolute Gasteiger partial charge is 0.439 e. The highest BCUT2D eigenvalue weighted by Gasteiger charge is 2.49. The van der Waals surface area contributed by atoms with Gasteiger partial charge in [0.2, 0.25) is 0 Å². The number of likely N-dealkylation sites (N-methyl/N-ethyl adjacent to an activating group) is 1. The number of ether oxygens (including phenoxy) is 1. The van der Waals surface area contributed by atoms with Gasteiger partial charge in [-0.05, 0) is 12.1 Å². The molecule has 2 fully saturated rings. The predicted octanol–water partition coefficient (Wildman–Crippen LogP) is 1.85. The normalized spacial score (nSPS) is 21.6. The molecule has 1 atom stereocenters. The molecule has 1 N–H and O–H groups in total. The zero-order chi connectivity index (χ0) is 19.0. The number of amides is 2. The lowest BCUT2D eigenvalue weighted by Gasteiger charge is -2.21. The number of benzene rings is 1. The van der Waals surface area contributed by atoms with E-state index in [0.29, 0.717) is 37.4 Å². The summed E-state index contributed by atoms with van der Waals surface area (Å²) in [5.41, 5.74) is 1.65. The zero-order valence-corrected chi connectivity index (χ0v) is 15.3. The van der Waals surface area contributed by atoms with Crippen molar-refractivity contribution in [1.82, 2.24) is 19.8 Å². The number of hydrogen-bond acceptors (Lipinski definition) is 6. The molecule has 2 aliphatic heterocycles. The van der Waals surface area contributed by atoms with Crippen molar-refractivity contribution in [3.8, 4) is 11.3 Å². The Balaban J connectivity index is 1.50. The van der Waals surface area contributed by atoms with Gasteiger partial charge in [0.05, 0.1) is 13.1 Å². The summed E-state index contributed by atoms with van der Waals surface area (Å²) in [4.78, 5) is 36.5. The molecular formula is C19H21N5O3. The van der Waals surface area contributed by atoms with Crippen molar-refractivity contribution < 1.29 is 14.3 Å². The van der Waals surface area contributed by atoms with E-state index >= 15 is 0 Å². The van der Waals surface area contributed by atoms with Crippen LogP contribution in [0.15, 0.2) is 36.7 Å². The molecule has 0 aliphatic carbocycles. The highest BCUT2D eigenvalue weighted by molar-refractivity contribution is 5.95. The fourth-order valence-electron chi connectivity index (χ4n) is 3.71. The van der Waals surface area contributed by atoms with Crippen LogP contribution in [0.1, 0.15) is 16.8 Å². The molecule has 8 nitrogen and oxygen atoms in total. The van der Waals surface area contributed by atoms with E-state index in [9.17, 15) is 9.59 Å². The van der Waals surface area contributed by atoms with Gasteiger partial charge in [-0.25, -0.2) is 9.78 Å². The standard InChI is InChI=1S/C19H21N5O3/c1-20-16-15(21-8-9-22-16)13-3-5-14(6-4-13)17(25)24-10-7-19(12-24)11-23(2)18(26)27-19/h3-6,8-9H,7,10-12H2,1-2H3,(H,20,22). The summed E-state index contributed by atoms with van der Waals surface area (Å²) in [6.45, 7) is 1.53. The van der Waals surface area contributed by atoms with Gasteiger partial charge in [0.15, 0.2) is 11.4 Å². The SMILES string of the molecule is CNc1nccnc1-c1ccc(C(=O)N2CCC3(CN(C)C(=O)O3)C2)cc1. The fourth-order valence-corrected chi connectivity index (χ4v) is 3.71. The van der Waals surface area contributed by atoms with Crippen LogP contribution in [0.3, 0.4) is 0 Å². The van der Waals surface area contributed by atoms with E-state index in [-0.39, 0.29) is 12.0 Å². The molecule has 1 aromatic carbocycles. The van der Waals surface area contributed by atoms with E-state index < -0.39 is 5.60 Å². The molecule has 2 saturated heterocycles. The Hall–Kier alpha value is -3.16. The highest BCUT2D eigenvalue weighted by atomic mass is 16.6. The number of nitrogens with zero attached hydrogens (tertiary/aromatic N) is 4. The lowest BCUT2D eigenvalue weighted by Crippen LogP contribution is -2.39. The molecule has 1 unspecified atom stereocenters. The third-order valence-electron chi connectivity index (χ3n) is 5.08. The average Bonchev–Trinajstić information content (AvgIpc) is 3.23. The summed E-state index contributed by atoms with van der Waals surface area (Å²) in [6, 6.07) is 7.33. The zero-order valence-electron chi connectivity index (χ0n) is 15.3. The Morgan fingerprint density at radius 3 is 2.59 bits per heavy atom. The van der Waals surface area contributed by atoms with Crippen LogP contribution in [0.4, 0.5) is 10.6 Å². The number of aromatic nitrogens is 2. The molecule has 1 spiro atoms. The summed E-state index contributed by atoms with van der Waals surface area (Å²) < 4.78 is 5.51. The molecule has 0 saturated carbocycles. The molecule has 2 amide bonds. The van der Waals surface area contributed by atoms with E-state index in [0.717, 1.165) is 11.3 Å². The maximum atomic E-state index is 12.9. The number of hydrogen-bond donors (Lipinski definition) is 1. The number of carbonyl (C=O) groups excluding carboxylic acids is 2. The number of carbonyl (C=O) groups is 2. The Morgan fingerprint density at radius 1 is 1.19 bits per heavy atom. The van der Waals surface area contributed by atoms with Gasteiger partial charge in [0, 0.05) is 50.6 Å². The molecule has 0 radical (unpaired) electrons. The number of likely N-dealkylation sites (tertiary alicyclic amines) is 1. The Labute approximate surface area is 157 Å². The van der Waals surface area contributed by atoms with Crippen LogP contribution >= 0.6 is 0 Å². The van der Waals surface area contributed by atoms with E-state index in [2.05, 4.69) is 15.3 Å². The van der Waals surface area contributed by atoms with Gasteiger partial charge in [0.1, 0.15) is 5.69 Å². The first kappa shape index (κ1) is 17.3. The first-order valence-corrected chi connectivity index (χ1v) is 8.84. The summed E-state index contributed by atoms with van der Waals surface area (Å²) in [5.74, 6) is 0.627. The number of anilines is 1. The predicted molar refractivity (Wildman–Crippen MR) is 99.4 cm³/mol. The number of nitrogens with one attached hydrogen (secondary N) is 1. The van der Waals surface area contributed by atoms with Gasteiger partial charge in [0.25, 0.3) is 5.91 Å². The Bertz CT molecular complexity index is 885. The minimum Gasteiger partial charge on any atom is -0.439 e. The third-order valence-corrected chi connectivity index (χ3v) is 5.08. The average molecular weight is 367 g/mol. The lowest BCUT2D eigenvalue weighted by molar-refractivity contribution is 0.0553. The molecule has 3 heterocycles. The van der Waals surface area contributed by atoms with Gasteiger partial charge < -0.3 is 19.9 Å².